The highest BCUT2D eigenvalue weighted by molar-refractivity contribution is 7.89. The van der Waals surface area contributed by atoms with Gasteiger partial charge >= 0.3 is 0 Å². The molecule has 1 aromatic carbocycles. The van der Waals surface area contributed by atoms with Gasteiger partial charge in [-0.3, -0.25) is 0 Å². The van der Waals surface area contributed by atoms with Crippen molar-refractivity contribution in [3.63, 3.8) is 0 Å². The van der Waals surface area contributed by atoms with Gasteiger partial charge in [0.05, 0.1) is 7.11 Å². The minimum absolute atomic E-state index is 0.154. The third kappa shape index (κ3) is 2.24. The Morgan fingerprint density at radius 1 is 1.22 bits per heavy atom. The molecule has 1 aromatic rings. The predicted octanol–water partition coefficient (Wildman–Crippen LogP) is 2.09. The van der Waals surface area contributed by atoms with Crippen molar-refractivity contribution in [2.45, 2.75) is 37.6 Å². The van der Waals surface area contributed by atoms with E-state index in [1.165, 1.54) is 11.4 Å². The third-order valence-corrected chi connectivity index (χ3v) is 5.43. The van der Waals surface area contributed by atoms with Gasteiger partial charge in [-0.15, -0.1) is 0 Å². The van der Waals surface area contributed by atoms with Crippen LogP contribution in [-0.2, 0) is 10.0 Å². The molecule has 0 saturated heterocycles. The second kappa shape index (κ2) is 4.55. The first-order valence-electron chi connectivity index (χ1n) is 6.01. The number of benzene rings is 1. The van der Waals surface area contributed by atoms with Gasteiger partial charge in [-0.25, -0.2) is 8.42 Å². The molecule has 5 heteroatoms. The summed E-state index contributed by atoms with van der Waals surface area (Å²) in [5, 5.41) is 0. The van der Waals surface area contributed by atoms with E-state index in [4.69, 9.17) is 4.74 Å². The Morgan fingerprint density at radius 2 is 1.78 bits per heavy atom. The zero-order valence-electron chi connectivity index (χ0n) is 11.2. The number of hydrogen-bond acceptors (Lipinski definition) is 3. The van der Waals surface area contributed by atoms with Crippen LogP contribution in [0.1, 0.15) is 24.0 Å². The molecular weight excluding hydrogens is 250 g/mol. The molecule has 100 valence electrons. The van der Waals surface area contributed by atoms with Crippen LogP contribution in [0, 0.1) is 13.8 Å². The van der Waals surface area contributed by atoms with E-state index in [-0.39, 0.29) is 10.9 Å². The molecular formula is C13H19NO3S. The van der Waals surface area contributed by atoms with Crippen molar-refractivity contribution in [2.75, 3.05) is 14.2 Å². The molecule has 0 N–H and O–H groups in total. The lowest BCUT2D eigenvalue weighted by Gasteiger charge is -2.19. The molecule has 18 heavy (non-hydrogen) atoms. The quantitative estimate of drug-likeness (QED) is 0.841. The summed E-state index contributed by atoms with van der Waals surface area (Å²) in [7, 11) is -0.309. The standard InChI is InChI=1S/C13H19NO3S/c1-9-7-12(17-4)13(8-10(9)2)18(15,16)14(3)11-5-6-11/h7-8,11H,5-6H2,1-4H3. The lowest BCUT2D eigenvalue weighted by Crippen LogP contribution is -2.29. The highest BCUT2D eigenvalue weighted by atomic mass is 32.2. The number of hydrogen-bond donors (Lipinski definition) is 0. The zero-order valence-corrected chi connectivity index (χ0v) is 12.0. The van der Waals surface area contributed by atoms with Gasteiger partial charge in [-0.1, -0.05) is 0 Å². The molecule has 0 atom stereocenters. The number of rotatable bonds is 4. The molecule has 1 saturated carbocycles. The summed E-state index contributed by atoms with van der Waals surface area (Å²) in [6.07, 6.45) is 1.89. The molecule has 0 spiro atoms. The minimum atomic E-state index is -3.45. The highest BCUT2D eigenvalue weighted by Crippen LogP contribution is 2.34. The normalized spacial score (nSPS) is 16.1. The van der Waals surface area contributed by atoms with E-state index in [1.807, 2.05) is 13.8 Å². The summed E-state index contributed by atoms with van der Waals surface area (Å²) < 4.78 is 31.7. The van der Waals surface area contributed by atoms with E-state index in [1.54, 1.807) is 19.2 Å². The van der Waals surface area contributed by atoms with Crippen LogP contribution in [0.3, 0.4) is 0 Å². The molecule has 1 aliphatic carbocycles. The fraction of sp³-hybridized carbons (Fsp3) is 0.538. The summed E-state index contributed by atoms with van der Waals surface area (Å²) in [6.45, 7) is 3.85. The van der Waals surface area contributed by atoms with E-state index in [9.17, 15) is 8.42 Å². The van der Waals surface area contributed by atoms with E-state index in [0.717, 1.165) is 24.0 Å². The minimum Gasteiger partial charge on any atom is -0.495 e. The van der Waals surface area contributed by atoms with Gasteiger partial charge in [0, 0.05) is 13.1 Å². The van der Waals surface area contributed by atoms with Crippen LogP contribution in [0.15, 0.2) is 17.0 Å². The second-order valence-corrected chi connectivity index (χ2v) is 6.81. The second-order valence-electron chi connectivity index (χ2n) is 4.84. The maximum Gasteiger partial charge on any atom is 0.246 e. The summed E-state index contributed by atoms with van der Waals surface area (Å²) >= 11 is 0. The maximum absolute atomic E-state index is 12.5. The Hall–Kier alpha value is -1.07. The van der Waals surface area contributed by atoms with Crippen LogP contribution in [0.4, 0.5) is 0 Å². The van der Waals surface area contributed by atoms with Crippen molar-refractivity contribution >= 4 is 10.0 Å². The van der Waals surface area contributed by atoms with Crippen molar-refractivity contribution in [1.82, 2.24) is 4.31 Å². The molecule has 0 aromatic heterocycles. The topological polar surface area (TPSA) is 46.6 Å². The molecule has 0 bridgehead atoms. The third-order valence-electron chi connectivity index (χ3n) is 3.50. The number of methoxy groups -OCH3 is 1. The van der Waals surface area contributed by atoms with E-state index < -0.39 is 10.0 Å². The first-order valence-corrected chi connectivity index (χ1v) is 7.45. The van der Waals surface area contributed by atoms with Gasteiger partial charge in [-0.2, -0.15) is 4.31 Å². The largest absolute Gasteiger partial charge is 0.495 e. The summed E-state index contributed by atoms with van der Waals surface area (Å²) in [5.74, 6) is 0.422. The van der Waals surface area contributed by atoms with Crippen LogP contribution in [0.5, 0.6) is 5.75 Å². The molecule has 0 unspecified atom stereocenters. The number of ether oxygens (including phenoxy) is 1. The summed E-state index contributed by atoms with van der Waals surface area (Å²) in [6, 6.07) is 3.63. The molecule has 4 nitrogen and oxygen atoms in total. The molecule has 0 radical (unpaired) electrons. The van der Waals surface area contributed by atoms with Crippen molar-refractivity contribution in [3.05, 3.63) is 23.3 Å². The number of nitrogens with zero attached hydrogens (tertiary/aromatic N) is 1. The summed E-state index contributed by atoms with van der Waals surface area (Å²) in [4.78, 5) is 0.266. The highest BCUT2D eigenvalue weighted by Gasteiger charge is 2.36. The van der Waals surface area contributed by atoms with Crippen LogP contribution >= 0.6 is 0 Å². The monoisotopic (exact) mass is 269 g/mol. The molecule has 0 amide bonds. The van der Waals surface area contributed by atoms with Crippen LogP contribution in [0.2, 0.25) is 0 Å². The summed E-state index contributed by atoms with van der Waals surface area (Å²) in [5.41, 5.74) is 1.98. The average molecular weight is 269 g/mol. The molecule has 0 heterocycles. The van der Waals surface area contributed by atoms with Gasteiger partial charge in [0.1, 0.15) is 10.6 Å². The number of sulfonamides is 1. The van der Waals surface area contributed by atoms with Crippen LogP contribution in [-0.4, -0.2) is 32.9 Å². The lowest BCUT2D eigenvalue weighted by atomic mass is 10.1. The zero-order chi connectivity index (χ0) is 13.5. The average Bonchev–Trinajstić information content (AvgIpc) is 3.14. The first kappa shape index (κ1) is 13.4. The predicted molar refractivity (Wildman–Crippen MR) is 70.4 cm³/mol. The number of aryl methyl sites for hydroxylation is 2. The lowest BCUT2D eigenvalue weighted by molar-refractivity contribution is 0.397. The Labute approximate surface area is 109 Å². The van der Waals surface area contributed by atoms with E-state index in [0.29, 0.717) is 5.75 Å². The SMILES string of the molecule is COc1cc(C)c(C)cc1S(=O)(=O)N(C)C1CC1. The Balaban J connectivity index is 2.52. The first-order chi connectivity index (χ1) is 8.37. The fourth-order valence-electron chi connectivity index (χ4n) is 1.91. The van der Waals surface area contributed by atoms with Gasteiger partial charge in [0.15, 0.2) is 0 Å². The van der Waals surface area contributed by atoms with Crippen LogP contribution < -0.4 is 4.74 Å². The smallest absolute Gasteiger partial charge is 0.246 e. The van der Waals surface area contributed by atoms with Crippen molar-refractivity contribution in [1.29, 1.82) is 0 Å². The molecule has 2 rings (SSSR count). The Morgan fingerprint density at radius 3 is 2.28 bits per heavy atom. The molecule has 1 fully saturated rings. The van der Waals surface area contributed by atoms with Gasteiger partial charge in [-0.05, 0) is 49.9 Å². The van der Waals surface area contributed by atoms with Gasteiger partial charge < -0.3 is 4.74 Å². The Kier molecular flexibility index (Phi) is 3.38. The molecule has 1 aliphatic rings. The van der Waals surface area contributed by atoms with E-state index >= 15 is 0 Å². The van der Waals surface area contributed by atoms with Crippen LogP contribution in [0.25, 0.3) is 0 Å². The molecule has 0 aliphatic heterocycles. The fourth-order valence-corrected chi connectivity index (χ4v) is 3.55. The van der Waals surface area contributed by atoms with E-state index in [2.05, 4.69) is 0 Å². The maximum atomic E-state index is 12.5. The van der Waals surface area contributed by atoms with Crippen molar-refractivity contribution < 1.29 is 13.2 Å². The van der Waals surface area contributed by atoms with Gasteiger partial charge in [0.2, 0.25) is 10.0 Å². The van der Waals surface area contributed by atoms with Gasteiger partial charge in [0.25, 0.3) is 0 Å². The van der Waals surface area contributed by atoms with Crippen molar-refractivity contribution in [2.24, 2.45) is 0 Å². The Bertz CT molecular complexity index is 562. The van der Waals surface area contributed by atoms with Crippen molar-refractivity contribution in [3.8, 4) is 5.75 Å².